The predicted molar refractivity (Wildman–Crippen MR) is 82.0 cm³/mol. The van der Waals surface area contributed by atoms with E-state index < -0.39 is 0 Å². The molecule has 1 N–H and O–H groups in total. The van der Waals surface area contributed by atoms with Crippen molar-refractivity contribution < 1.29 is 5.11 Å². The van der Waals surface area contributed by atoms with Gasteiger partial charge in [-0.05, 0) is 19.8 Å². The maximum Gasteiger partial charge on any atom is 0.205 e. The number of hydrogen-bond acceptors (Lipinski definition) is 5. The third-order valence-corrected chi connectivity index (χ3v) is 4.63. The highest BCUT2D eigenvalue weighted by Gasteiger charge is 2.25. The van der Waals surface area contributed by atoms with Crippen molar-refractivity contribution in [3.8, 4) is 11.4 Å². The number of piperidine rings is 1. The fourth-order valence-electron chi connectivity index (χ4n) is 2.63. The van der Waals surface area contributed by atoms with Crippen molar-refractivity contribution >= 4 is 16.7 Å². The number of hydrogen-bond donors (Lipinski definition) is 1. The topological polar surface area (TPSA) is 49.2 Å². The van der Waals surface area contributed by atoms with E-state index in [1.165, 1.54) is 11.5 Å². The predicted octanol–water partition coefficient (Wildman–Crippen LogP) is 2.80. The summed E-state index contributed by atoms with van der Waals surface area (Å²) in [4.78, 5) is 6.90. The van der Waals surface area contributed by atoms with Crippen molar-refractivity contribution in [3.05, 3.63) is 30.3 Å². The smallest absolute Gasteiger partial charge is 0.205 e. The second-order valence-corrected chi connectivity index (χ2v) is 6.09. The Labute approximate surface area is 123 Å². The minimum Gasteiger partial charge on any atom is -0.393 e. The molecule has 2 aromatic rings. The fourth-order valence-corrected chi connectivity index (χ4v) is 3.35. The van der Waals surface area contributed by atoms with Crippen molar-refractivity contribution in [1.29, 1.82) is 0 Å². The number of aromatic nitrogens is 2. The SMILES string of the molecule is CC(O)C1CCCN(c2nc(-c3ccccc3)ns2)C1. The molecule has 20 heavy (non-hydrogen) atoms. The normalized spacial score (nSPS) is 20.9. The molecule has 0 saturated carbocycles. The average Bonchev–Trinajstić information content (AvgIpc) is 2.98. The Morgan fingerprint density at radius 3 is 2.90 bits per heavy atom. The first kappa shape index (κ1) is 13.5. The molecule has 0 spiro atoms. The summed E-state index contributed by atoms with van der Waals surface area (Å²) in [5.41, 5.74) is 1.05. The zero-order chi connectivity index (χ0) is 13.9. The van der Waals surface area contributed by atoms with Crippen LogP contribution in [0.4, 0.5) is 5.13 Å². The number of benzene rings is 1. The maximum absolute atomic E-state index is 9.77. The van der Waals surface area contributed by atoms with Crippen LogP contribution in [0.15, 0.2) is 30.3 Å². The van der Waals surface area contributed by atoms with E-state index in [0.717, 1.165) is 42.5 Å². The Bertz CT molecular complexity index is 555. The molecule has 1 aromatic carbocycles. The van der Waals surface area contributed by atoms with Crippen molar-refractivity contribution in [2.75, 3.05) is 18.0 Å². The lowest BCUT2D eigenvalue weighted by atomic mass is 9.94. The van der Waals surface area contributed by atoms with Gasteiger partial charge < -0.3 is 10.0 Å². The Kier molecular flexibility index (Phi) is 3.98. The third-order valence-electron chi connectivity index (χ3n) is 3.86. The van der Waals surface area contributed by atoms with Gasteiger partial charge >= 0.3 is 0 Å². The highest BCUT2D eigenvalue weighted by Crippen LogP contribution is 2.28. The summed E-state index contributed by atoms with van der Waals surface area (Å²) in [5.74, 6) is 1.14. The summed E-state index contributed by atoms with van der Waals surface area (Å²) in [6, 6.07) is 10.1. The largest absolute Gasteiger partial charge is 0.393 e. The van der Waals surface area contributed by atoms with Crippen LogP contribution in [0.2, 0.25) is 0 Å². The molecule has 3 rings (SSSR count). The number of aliphatic hydroxyl groups is 1. The van der Waals surface area contributed by atoms with Gasteiger partial charge in [-0.3, -0.25) is 0 Å². The standard InChI is InChI=1S/C15H19N3OS/c1-11(19)13-8-5-9-18(10-13)15-16-14(17-20-15)12-6-3-2-4-7-12/h2-4,6-7,11,13,19H,5,8-10H2,1H3. The van der Waals surface area contributed by atoms with Crippen LogP contribution in [0, 0.1) is 5.92 Å². The van der Waals surface area contributed by atoms with Crippen LogP contribution in [0.25, 0.3) is 11.4 Å². The molecule has 2 unspecified atom stereocenters. The van der Waals surface area contributed by atoms with E-state index in [-0.39, 0.29) is 6.10 Å². The van der Waals surface area contributed by atoms with Crippen molar-refractivity contribution in [2.24, 2.45) is 5.92 Å². The summed E-state index contributed by atoms with van der Waals surface area (Å²) < 4.78 is 4.46. The third kappa shape index (κ3) is 2.83. The van der Waals surface area contributed by atoms with Gasteiger partial charge in [0.05, 0.1) is 6.10 Å². The summed E-state index contributed by atoms with van der Waals surface area (Å²) in [7, 11) is 0. The van der Waals surface area contributed by atoms with Gasteiger partial charge in [-0.1, -0.05) is 30.3 Å². The molecular formula is C15H19N3OS. The van der Waals surface area contributed by atoms with Crippen LogP contribution in [-0.2, 0) is 0 Å². The Hall–Kier alpha value is -1.46. The van der Waals surface area contributed by atoms with Crippen LogP contribution in [0.5, 0.6) is 0 Å². The van der Waals surface area contributed by atoms with Crippen molar-refractivity contribution in [2.45, 2.75) is 25.9 Å². The molecule has 106 valence electrons. The van der Waals surface area contributed by atoms with Crippen LogP contribution in [-0.4, -0.2) is 33.7 Å². The molecule has 2 atom stereocenters. The minimum atomic E-state index is -0.251. The van der Waals surface area contributed by atoms with Crippen LogP contribution in [0.3, 0.4) is 0 Å². The molecule has 1 aliphatic heterocycles. The van der Waals surface area contributed by atoms with Gasteiger partial charge in [0.25, 0.3) is 0 Å². The van der Waals surface area contributed by atoms with Crippen LogP contribution >= 0.6 is 11.5 Å². The van der Waals surface area contributed by atoms with E-state index in [2.05, 4.69) is 14.3 Å². The van der Waals surface area contributed by atoms with E-state index in [1.54, 1.807) is 0 Å². The van der Waals surface area contributed by atoms with E-state index in [9.17, 15) is 5.11 Å². The molecular weight excluding hydrogens is 270 g/mol. The number of rotatable bonds is 3. The lowest BCUT2D eigenvalue weighted by Gasteiger charge is -2.33. The second-order valence-electron chi connectivity index (χ2n) is 5.36. The Balaban J connectivity index is 1.77. The minimum absolute atomic E-state index is 0.251. The first-order valence-electron chi connectivity index (χ1n) is 7.06. The monoisotopic (exact) mass is 289 g/mol. The van der Waals surface area contributed by atoms with Crippen LogP contribution in [0.1, 0.15) is 19.8 Å². The highest BCUT2D eigenvalue weighted by molar-refractivity contribution is 7.09. The molecule has 1 aliphatic rings. The maximum atomic E-state index is 9.77. The molecule has 1 fully saturated rings. The molecule has 4 nitrogen and oxygen atoms in total. The molecule has 1 saturated heterocycles. The van der Waals surface area contributed by atoms with Gasteiger partial charge in [-0.2, -0.15) is 9.36 Å². The van der Waals surface area contributed by atoms with E-state index >= 15 is 0 Å². The first-order chi connectivity index (χ1) is 9.74. The number of nitrogens with zero attached hydrogens (tertiary/aromatic N) is 3. The fraction of sp³-hybridized carbons (Fsp3) is 0.467. The average molecular weight is 289 g/mol. The highest BCUT2D eigenvalue weighted by atomic mass is 32.1. The van der Waals surface area contributed by atoms with Gasteiger partial charge in [0.15, 0.2) is 5.82 Å². The molecule has 0 bridgehead atoms. The lowest BCUT2D eigenvalue weighted by molar-refractivity contribution is 0.115. The first-order valence-corrected chi connectivity index (χ1v) is 7.83. The van der Waals surface area contributed by atoms with Gasteiger partial charge in [0.1, 0.15) is 0 Å². The van der Waals surface area contributed by atoms with Crippen molar-refractivity contribution in [3.63, 3.8) is 0 Å². The molecule has 0 radical (unpaired) electrons. The van der Waals surface area contributed by atoms with Gasteiger partial charge in [-0.25, -0.2) is 0 Å². The molecule has 2 heterocycles. The number of anilines is 1. The van der Waals surface area contributed by atoms with Gasteiger partial charge in [-0.15, -0.1) is 0 Å². The summed E-state index contributed by atoms with van der Waals surface area (Å²) in [6.45, 7) is 3.76. The zero-order valence-corrected chi connectivity index (χ0v) is 12.4. The Morgan fingerprint density at radius 1 is 1.35 bits per heavy atom. The molecule has 5 heteroatoms. The quantitative estimate of drug-likeness (QED) is 0.944. The lowest BCUT2D eigenvalue weighted by Crippen LogP contribution is -2.39. The molecule has 1 aromatic heterocycles. The molecule has 0 aliphatic carbocycles. The Morgan fingerprint density at radius 2 is 2.15 bits per heavy atom. The number of aliphatic hydroxyl groups excluding tert-OH is 1. The summed E-state index contributed by atoms with van der Waals surface area (Å²) >= 11 is 1.45. The van der Waals surface area contributed by atoms with Crippen LogP contribution < -0.4 is 4.90 Å². The summed E-state index contributed by atoms with van der Waals surface area (Å²) in [6.07, 6.45) is 1.95. The van der Waals surface area contributed by atoms with Gasteiger partial charge in [0.2, 0.25) is 5.13 Å². The van der Waals surface area contributed by atoms with E-state index in [1.807, 2.05) is 37.3 Å². The van der Waals surface area contributed by atoms with E-state index in [4.69, 9.17) is 0 Å². The van der Waals surface area contributed by atoms with Gasteiger partial charge in [0, 0.05) is 36.1 Å². The van der Waals surface area contributed by atoms with E-state index in [0.29, 0.717) is 5.92 Å². The zero-order valence-electron chi connectivity index (χ0n) is 11.6. The summed E-state index contributed by atoms with van der Waals surface area (Å²) in [5, 5.41) is 10.7. The second kappa shape index (κ2) is 5.89. The molecule has 0 amide bonds. The van der Waals surface area contributed by atoms with Crippen molar-refractivity contribution in [1.82, 2.24) is 9.36 Å².